The summed E-state index contributed by atoms with van der Waals surface area (Å²) < 4.78 is 5.76. The average Bonchev–Trinajstić information content (AvgIpc) is 3.31. The van der Waals surface area contributed by atoms with Gasteiger partial charge in [0, 0.05) is 5.02 Å². The molecule has 2 heterocycles. The Morgan fingerprint density at radius 2 is 1.62 bits per heavy atom. The molecule has 1 fully saturated rings. The van der Waals surface area contributed by atoms with E-state index in [0.717, 1.165) is 22.3 Å². The summed E-state index contributed by atoms with van der Waals surface area (Å²) in [6, 6.07) is 13.6. The minimum atomic E-state index is -0.293. The highest BCUT2D eigenvalue weighted by molar-refractivity contribution is 6.30. The van der Waals surface area contributed by atoms with Crippen molar-refractivity contribution in [2.45, 2.75) is 19.1 Å². The molecule has 2 aliphatic heterocycles. The summed E-state index contributed by atoms with van der Waals surface area (Å²) in [5.41, 5.74) is 4.24. The van der Waals surface area contributed by atoms with Gasteiger partial charge in [-0.2, -0.15) is 0 Å². The monoisotopic (exact) mass is 364 g/mol. The standard InChI is InChI=1S/C22H17ClO3/c1-11-2-3-13(12-4-6-14(23)7-5-12)10-15(11)18-21(24)19-16-8-9-17(26-16)20(19)22(18)25/h2-10,16-17,19-20,24H,1H3/t16-,17?,19-,20+/m1/s1. The van der Waals surface area contributed by atoms with Gasteiger partial charge in [0.2, 0.25) is 0 Å². The number of halogens is 1. The van der Waals surface area contributed by atoms with E-state index in [9.17, 15) is 9.90 Å². The van der Waals surface area contributed by atoms with Crippen LogP contribution in [0, 0.1) is 18.8 Å². The molecule has 2 aromatic carbocycles. The van der Waals surface area contributed by atoms with Gasteiger partial charge in [-0.05, 0) is 47.4 Å². The van der Waals surface area contributed by atoms with Crippen LogP contribution in [0.15, 0.2) is 60.4 Å². The summed E-state index contributed by atoms with van der Waals surface area (Å²) in [5.74, 6) is -0.376. The lowest BCUT2D eigenvalue weighted by atomic mass is 9.84. The molecule has 130 valence electrons. The van der Waals surface area contributed by atoms with E-state index >= 15 is 0 Å². The topological polar surface area (TPSA) is 46.5 Å². The minimum absolute atomic E-state index is 0.0132. The number of benzene rings is 2. The summed E-state index contributed by atoms with van der Waals surface area (Å²) in [5, 5.41) is 11.5. The molecule has 0 aromatic heterocycles. The van der Waals surface area contributed by atoms with Crippen LogP contribution < -0.4 is 0 Å². The molecule has 3 aliphatic rings. The lowest BCUT2D eigenvalue weighted by Crippen LogP contribution is -2.26. The average molecular weight is 365 g/mol. The summed E-state index contributed by atoms with van der Waals surface area (Å²) in [4.78, 5) is 13.1. The molecule has 4 heteroatoms. The summed E-state index contributed by atoms with van der Waals surface area (Å²) >= 11 is 5.98. The number of carbonyl (C=O) groups excluding carboxylic acids is 1. The van der Waals surface area contributed by atoms with Crippen LogP contribution in [0.3, 0.4) is 0 Å². The van der Waals surface area contributed by atoms with Gasteiger partial charge in [0.1, 0.15) is 5.76 Å². The van der Waals surface area contributed by atoms with Crippen LogP contribution in [0.25, 0.3) is 16.7 Å². The number of hydrogen-bond acceptors (Lipinski definition) is 3. The normalized spacial score (nSPS) is 28.9. The van der Waals surface area contributed by atoms with Gasteiger partial charge in [0.15, 0.2) is 5.78 Å². The van der Waals surface area contributed by atoms with Crippen molar-refractivity contribution in [1.29, 1.82) is 0 Å². The van der Waals surface area contributed by atoms with Crippen molar-refractivity contribution in [2.24, 2.45) is 11.8 Å². The molecule has 3 nitrogen and oxygen atoms in total. The molecule has 0 amide bonds. The van der Waals surface area contributed by atoms with Gasteiger partial charge in [-0.1, -0.05) is 48.0 Å². The van der Waals surface area contributed by atoms with Crippen LogP contribution in [0.1, 0.15) is 11.1 Å². The number of hydrogen-bond donors (Lipinski definition) is 1. The summed E-state index contributed by atoms with van der Waals surface area (Å²) in [7, 11) is 0. The van der Waals surface area contributed by atoms with Crippen LogP contribution in [0.5, 0.6) is 0 Å². The maximum atomic E-state index is 13.1. The van der Waals surface area contributed by atoms with Gasteiger partial charge in [0.25, 0.3) is 0 Å². The van der Waals surface area contributed by atoms with E-state index in [1.807, 2.05) is 61.5 Å². The number of fused-ring (bicyclic) bond motifs is 5. The quantitative estimate of drug-likeness (QED) is 0.783. The molecule has 5 rings (SSSR count). The van der Waals surface area contributed by atoms with E-state index in [1.165, 1.54) is 0 Å². The first-order valence-corrected chi connectivity index (χ1v) is 9.10. The molecule has 4 atom stereocenters. The second-order valence-corrected chi connectivity index (χ2v) is 7.60. The number of ether oxygens (including phenoxy) is 1. The molecule has 1 unspecified atom stereocenters. The Balaban J connectivity index is 1.61. The largest absolute Gasteiger partial charge is 0.511 e. The van der Waals surface area contributed by atoms with Crippen molar-refractivity contribution in [3.05, 3.63) is 76.5 Å². The Kier molecular flexibility index (Phi) is 3.40. The third-order valence-corrected chi connectivity index (χ3v) is 5.96. The van der Waals surface area contributed by atoms with Gasteiger partial charge in [-0.15, -0.1) is 0 Å². The maximum Gasteiger partial charge on any atom is 0.173 e. The van der Waals surface area contributed by atoms with Crippen molar-refractivity contribution >= 4 is 23.0 Å². The van der Waals surface area contributed by atoms with Crippen LogP contribution in [-0.2, 0) is 9.53 Å². The Hall–Kier alpha value is -2.36. The first-order chi connectivity index (χ1) is 12.5. The van der Waals surface area contributed by atoms with Crippen LogP contribution in [0.4, 0.5) is 0 Å². The SMILES string of the molecule is Cc1ccc(-c2ccc(Cl)cc2)cc1C1=C(O)[C@@H]2[C@H]3C=CC(O3)[C@@H]2C1=O. The van der Waals surface area contributed by atoms with Gasteiger partial charge in [-0.3, -0.25) is 4.79 Å². The van der Waals surface area contributed by atoms with Crippen molar-refractivity contribution in [3.63, 3.8) is 0 Å². The van der Waals surface area contributed by atoms with Crippen LogP contribution in [0.2, 0.25) is 5.02 Å². The van der Waals surface area contributed by atoms with E-state index in [1.54, 1.807) is 0 Å². The molecule has 26 heavy (non-hydrogen) atoms. The van der Waals surface area contributed by atoms with E-state index in [-0.39, 0.29) is 35.6 Å². The first-order valence-electron chi connectivity index (χ1n) is 8.72. The molecule has 0 spiro atoms. The highest BCUT2D eigenvalue weighted by Gasteiger charge is 2.57. The molecule has 1 saturated heterocycles. The molecular weight excluding hydrogens is 348 g/mol. The van der Waals surface area contributed by atoms with Crippen molar-refractivity contribution in [3.8, 4) is 11.1 Å². The number of ketones is 1. The van der Waals surface area contributed by atoms with E-state index in [2.05, 4.69) is 0 Å². The maximum absolute atomic E-state index is 13.1. The molecule has 0 saturated carbocycles. The van der Waals surface area contributed by atoms with Gasteiger partial charge >= 0.3 is 0 Å². The third-order valence-electron chi connectivity index (χ3n) is 5.71. The summed E-state index contributed by atoms with van der Waals surface area (Å²) in [6.45, 7) is 1.96. The molecule has 2 aromatic rings. The fraction of sp³-hybridized carbons (Fsp3) is 0.227. The van der Waals surface area contributed by atoms with Gasteiger partial charge < -0.3 is 9.84 Å². The second-order valence-electron chi connectivity index (χ2n) is 7.16. The number of carbonyl (C=O) groups is 1. The zero-order valence-electron chi connectivity index (χ0n) is 14.1. The number of aliphatic hydroxyl groups excluding tert-OH is 1. The number of rotatable bonds is 2. The Morgan fingerprint density at radius 1 is 0.962 bits per heavy atom. The van der Waals surface area contributed by atoms with Gasteiger partial charge in [0.05, 0.1) is 29.6 Å². The van der Waals surface area contributed by atoms with E-state index < -0.39 is 0 Å². The number of aryl methyl sites for hydroxylation is 1. The Bertz CT molecular complexity index is 987. The first kappa shape index (κ1) is 15.9. The highest BCUT2D eigenvalue weighted by Crippen LogP contribution is 2.51. The zero-order chi connectivity index (χ0) is 18.0. The predicted molar refractivity (Wildman–Crippen MR) is 101 cm³/mol. The third kappa shape index (κ3) is 2.14. The molecule has 1 aliphatic carbocycles. The zero-order valence-corrected chi connectivity index (χ0v) is 14.9. The Morgan fingerprint density at radius 3 is 2.31 bits per heavy atom. The van der Waals surface area contributed by atoms with Crippen LogP contribution >= 0.6 is 11.6 Å². The number of allylic oxidation sites excluding steroid dienone is 1. The highest BCUT2D eigenvalue weighted by atomic mass is 35.5. The second kappa shape index (κ2) is 5.57. The van der Waals surface area contributed by atoms with Crippen molar-refractivity contribution in [1.82, 2.24) is 0 Å². The minimum Gasteiger partial charge on any atom is -0.511 e. The van der Waals surface area contributed by atoms with E-state index in [0.29, 0.717) is 10.6 Å². The fourth-order valence-electron chi connectivity index (χ4n) is 4.39. The molecular formula is C22H17ClO3. The fourth-order valence-corrected chi connectivity index (χ4v) is 4.52. The van der Waals surface area contributed by atoms with Gasteiger partial charge in [-0.25, -0.2) is 0 Å². The number of aliphatic hydroxyl groups is 1. The van der Waals surface area contributed by atoms with Crippen LogP contribution in [-0.4, -0.2) is 23.1 Å². The van der Waals surface area contributed by atoms with E-state index in [4.69, 9.17) is 16.3 Å². The summed E-state index contributed by atoms with van der Waals surface area (Å²) in [6.07, 6.45) is 3.50. The van der Waals surface area contributed by atoms with Crippen molar-refractivity contribution in [2.75, 3.05) is 0 Å². The molecule has 1 N–H and O–H groups in total. The lowest BCUT2D eigenvalue weighted by molar-refractivity contribution is -0.118. The lowest BCUT2D eigenvalue weighted by Gasteiger charge is -2.15. The molecule has 0 radical (unpaired) electrons. The predicted octanol–water partition coefficient (Wildman–Crippen LogP) is 4.74. The number of Topliss-reactive ketones (excluding diaryl/α,β-unsaturated/α-hetero) is 1. The molecule has 2 bridgehead atoms. The van der Waals surface area contributed by atoms with Crippen molar-refractivity contribution < 1.29 is 14.6 Å². The smallest absolute Gasteiger partial charge is 0.173 e. The Labute approximate surface area is 156 Å².